The summed E-state index contributed by atoms with van der Waals surface area (Å²) in [6.07, 6.45) is 2.26. The molecule has 18 heavy (non-hydrogen) atoms. The van der Waals surface area contributed by atoms with Crippen molar-refractivity contribution in [3.63, 3.8) is 0 Å². The highest BCUT2D eigenvalue weighted by atomic mass is 16.5. The van der Waals surface area contributed by atoms with Crippen LogP contribution < -0.4 is 5.32 Å². The number of nitrogens with one attached hydrogen (secondary N) is 1. The van der Waals surface area contributed by atoms with Gasteiger partial charge in [0.15, 0.2) is 0 Å². The summed E-state index contributed by atoms with van der Waals surface area (Å²) in [5, 5.41) is 3.58. The van der Waals surface area contributed by atoms with E-state index in [1.807, 2.05) is 0 Å². The molecular formula is C16H27NO. The largest absolute Gasteiger partial charge is 0.384 e. The molecular weight excluding hydrogens is 222 g/mol. The van der Waals surface area contributed by atoms with E-state index in [4.69, 9.17) is 4.74 Å². The lowest BCUT2D eigenvalue weighted by Crippen LogP contribution is -2.33. The van der Waals surface area contributed by atoms with Crippen molar-refractivity contribution in [2.24, 2.45) is 5.92 Å². The van der Waals surface area contributed by atoms with Crippen LogP contribution in [0.2, 0.25) is 0 Å². The van der Waals surface area contributed by atoms with Crippen molar-refractivity contribution in [2.75, 3.05) is 20.3 Å². The summed E-state index contributed by atoms with van der Waals surface area (Å²) in [5.41, 5.74) is 2.76. The zero-order valence-electron chi connectivity index (χ0n) is 12.2. The zero-order chi connectivity index (χ0) is 13.4. The monoisotopic (exact) mass is 249 g/mol. The molecule has 1 aromatic rings. The topological polar surface area (TPSA) is 21.3 Å². The maximum atomic E-state index is 5.22. The summed E-state index contributed by atoms with van der Waals surface area (Å²) in [7, 11) is 1.78. The second-order valence-corrected chi connectivity index (χ2v) is 5.24. The smallest absolute Gasteiger partial charge is 0.0488 e. The Morgan fingerprint density at radius 3 is 2.72 bits per heavy atom. The Morgan fingerprint density at radius 1 is 1.33 bits per heavy atom. The fraction of sp³-hybridized carbons (Fsp3) is 0.625. The zero-order valence-corrected chi connectivity index (χ0v) is 12.2. The van der Waals surface area contributed by atoms with Crippen molar-refractivity contribution in [3.8, 4) is 0 Å². The van der Waals surface area contributed by atoms with E-state index in [0.717, 1.165) is 26.0 Å². The normalized spacial score (nSPS) is 14.4. The highest BCUT2D eigenvalue weighted by Crippen LogP contribution is 2.13. The lowest BCUT2D eigenvalue weighted by atomic mass is 9.96. The van der Waals surface area contributed by atoms with Crippen molar-refractivity contribution in [3.05, 3.63) is 35.4 Å². The van der Waals surface area contributed by atoms with Gasteiger partial charge in [-0.1, -0.05) is 43.7 Å². The third-order valence-electron chi connectivity index (χ3n) is 3.20. The van der Waals surface area contributed by atoms with E-state index in [2.05, 4.69) is 50.4 Å². The Balaban J connectivity index is 2.56. The fourth-order valence-corrected chi connectivity index (χ4v) is 2.49. The first-order valence-electron chi connectivity index (χ1n) is 6.93. The third-order valence-corrected chi connectivity index (χ3v) is 3.20. The molecule has 1 rings (SSSR count). The molecule has 0 aromatic heterocycles. The van der Waals surface area contributed by atoms with Crippen LogP contribution in [0, 0.1) is 12.8 Å². The van der Waals surface area contributed by atoms with Crippen LogP contribution in [-0.4, -0.2) is 26.3 Å². The van der Waals surface area contributed by atoms with Gasteiger partial charge >= 0.3 is 0 Å². The van der Waals surface area contributed by atoms with Gasteiger partial charge in [-0.3, -0.25) is 0 Å². The number of aryl methyl sites for hydroxylation is 1. The second-order valence-electron chi connectivity index (χ2n) is 5.24. The molecule has 0 aliphatic carbocycles. The van der Waals surface area contributed by atoms with E-state index in [1.54, 1.807) is 7.11 Å². The lowest BCUT2D eigenvalue weighted by molar-refractivity contribution is 0.149. The summed E-state index contributed by atoms with van der Waals surface area (Å²) in [6.45, 7) is 8.44. The SMILES string of the molecule is CCNC(Cc1cccc(C)c1)CC(C)COC. The number of methoxy groups -OCH3 is 1. The molecule has 0 saturated carbocycles. The van der Waals surface area contributed by atoms with Crippen LogP contribution >= 0.6 is 0 Å². The minimum atomic E-state index is 0.543. The van der Waals surface area contributed by atoms with Crippen molar-refractivity contribution in [1.29, 1.82) is 0 Å². The molecule has 2 atom stereocenters. The Labute approximate surface area is 112 Å². The van der Waals surface area contributed by atoms with Crippen LogP contribution in [0.15, 0.2) is 24.3 Å². The molecule has 0 aliphatic rings. The number of hydrogen-bond donors (Lipinski definition) is 1. The molecule has 1 aromatic carbocycles. The lowest BCUT2D eigenvalue weighted by Gasteiger charge is -2.21. The van der Waals surface area contributed by atoms with Crippen molar-refractivity contribution in [2.45, 2.75) is 39.7 Å². The van der Waals surface area contributed by atoms with Crippen molar-refractivity contribution >= 4 is 0 Å². The predicted octanol–water partition coefficient (Wildman–Crippen LogP) is 3.19. The van der Waals surface area contributed by atoms with Crippen LogP contribution in [0.5, 0.6) is 0 Å². The molecule has 0 spiro atoms. The van der Waals surface area contributed by atoms with Gasteiger partial charge in [0.05, 0.1) is 0 Å². The van der Waals surface area contributed by atoms with E-state index >= 15 is 0 Å². The minimum Gasteiger partial charge on any atom is -0.384 e. The summed E-state index contributed by atoms with van der Waals surface area (Å²) in [6, 6.07) is 9.34. The summed E-state index contributed by atoms with van der Waals surface area (Å²) in [5.74, 6) is 0.601. The first-order chi connectivity index (χ1) is 8.65. The maximum Gasteiger partial charge on any atom is 0.0488 e. The molecule has 0 radical (unpaired) electrons. The molecule has 0 aliphatic heterocycles. The number of rotatable bonds is 8. The van der Waals surface area contributed by atoms with E-state index in [1.165, 1.54) is 11.1 Å². The van der Waals surface area contributed by atoms with E-state index < -0.39 is 0 Å². The molecule has 0 bridgehead atoms. The van der Waals surface area contributed by atoms with Crippen molar-refractivity contribution in [1.82, 2.24) is 5.32 Å². The van der Waals surface area contributed by atoms with Crippen LogP contribution in [0.4, 0.5) is 0 Å². The van der Waals surface area contributed by atoms with Gasteiger partial charge in [-0.15, -0.1) is 0 Å². The van der Waals surface area contributed by atoms with Crippen molar-refractivity contribution < 1.29 is 4.74 Å². The Bertz CT molecular complexity index is 338. The summed E-state index contributed by atoms with van der Waals surface area (Å²) in [4.78, 5) is 0. The molecule has 0 amide bonds. The van der Waals surface area contributed by atoms with Gasteiger partial charge in [-0.05, 0) is 37.8 Å². The van der Waals surface area contributed by atoms with E-state index in [-0.39, 0.29) is 0 Å². The third kappa shape index (κ3) is 5.65. The first kappa shape index (κ1) is 15.2. The highest BCUT2D eigenvalue weighted by molar-refractivity contribution is 5.23. The van der Waals surface area contributed by atoms with Gasteiger partial charge in [0.25, 0.3) is 0 Å². The average molecular weight is 249 g/mol. The Kier molecular flexibility index (Phi) is 6.99. The fourth-order valence-electron chi connectivity index (χ4n) is 2.49. The molecule has 0 saturated heterocycles. The second kappa shape index (κ2) is 8.28. The van der Waals surface area contributed by atoms with Crippen LogP contribution in [0.25, 0.3) is 0 Å². The highest BCUT2D eigenvalue weighted by Gasteiger charge is 2.13. The van der Waals surface area contributed by atoms with E-state index in [0.29, 0.717) is 12.0 Å². The quantitative estimate of drug-likeness (QED) is 0.764. The molecule has 1 N–H and O–H groups in total. The van der Waals surface area contributed by atoms with E-state index in [9.17, 15) is 0 Å². The summed E-state index contributed by atoms with van der Waals surface area (Å²) >= 11 is 0. The van der Waals surface area contributed by atoms with Gasteiger partial charge in [0.2, 0.25) is 0 Å². The number of likely N-dealkylation sites (N-methyl/N-ethyl adjacent to an activating group) is 1. The molecule has 2 unspecified atom stereocenters. The number of hydrogen-bond acceptors (Lipinski definition) is 2. The van der Waals surface area contributed by atoms with Gasteiger partial charge in [-0.2, -0.15) is 0 Å². The minimum absolute atomic E-state index is 0.543. The molecule has 2 nitrogen and oxygen atoms in total. The molecule has 0 heterocycles. The Morgan fingerprint density at radius 2 is 2.11 bits per heavy atom. The van der Waals surface area contributed by atoms with Gasteiger partial charge in [0.1, 0.15) is 0 Å². The molecule has 2 heteroatoms. The maximum absolute atomic E-state index is 5.22. The van der Waals surface area contributed by atoms with Gasteiger partial charge < -0.3 is 10.1 Å². The summed E-state index contributed by atoms with van der Waals surface area (Å²) < 4.78 is 5.22. The first-order valence-corrected chi connectivity index (χ1v) is 6.93. The van der Waals surface area contributed by atoms with Crippen LogP contribution in [0.1, 0.15) is 31.4 Å². The number of ether oxygens (including phenoxy) is 1. The van der Waals surface area contributed by atoms with Gasteiger partial charge in [0, 0.05) is 19.8 Å². The van der Waals surface area contributed by atoms with Crippen LogP contribution in [-0.2, 0) is 11.2 Å². The Hall–Kier alpha value is -0.860. The predicted molar refractivity (Wildman–Crippen MR) is 78.0 cm³/mol. The molecule has 102 valence electrons. The standard InChI is InChI=1S/C16H27NO/c1-5-17-16(10-14(3)12-18-4)11-15-8-6-7-13(2)9-15/h6-9,14,16-17H,5,10-12H2,1-4H3. The number of benzene rings is 1. The molecule has 0 fully saturated rings. The average Bonchev–Trinajstić information content (AvgIpc) is 2.29. The van der Waals surface area contributed by atoms with Crippen LogP contribution in [0.3, 0.4) is 0 Å². The van der Waals surface area contributed by atoms with Gasteiger partial charge in [-0.25, -0.2) is 0 Å².